The number of amides is 1. The Kier molecular flexibility index (Phi) is 3.35. The van der Waals surface area contributed by atoms with Gasteiger partial charge in [0.2, 0.25) is 0 Å². The molecule has 3 rings (SSSR count). The molecule has 0 atom stereocenters. The molecule has 0 radical (unpaired) electrons. The van der Waals surface area contributed by atoms with E-state index in [4.69, 9.17) is 4.74 Å². The second-order valence-electron chi connectivity index (χ2n) is 6.35. The molecule has 1 amide bonds. The molecule has 0 heterocycles. The van der Waals surface area contributed by atoms with Crippen molar-refractivity contribution in [1.82, 2.24) is 5.32 Å². The van der Waals surface area contributed by atoms with Crippen LogP contribution in [0.1, 0.15) is 31.2 Å². The first-order chi connectivity index (χ1) is 10.0. The van der Waals surface area contributed by atoms with Crippen molar-refractivity contribution in [3.8, 4) is 0 Å². The second kappa shape index (κ2) is 5.06. The first kappa shape index (κ1) is 13.9. The topological polar surface area (TPSA) is 75.6 Å². The lowest BCUT2D eigenvalue weighted by Crippen LogP contribution is -2.52. The Morgan fingerprint density at radius 3 is 2.43 bits per heavy atom. The fourth-order valence-electron chi connectivity index (χ4n) is 3.28. The van der Waals surface area contributed by atoms with Crippen LogP contribution in [0, 0.1) is 10.8 Å². The van der Waals surface area contributed by atoms with Gasteiger partial charge in [-0.1, -0.05) is 30.3 Å². The largest absolute Gasteiger partial charge is 0.481 e. The summed E-state index contributed by atoms with van der Waals surface area (Å²) in [6, 6.07) is 9.38. The Balaban J connectivity index is 1.46. The fourth-order valence-corrected chi connectivity index (χ4v) is 3.28. The van der Waals surface area contributed by atoms with E-state index in [0.717, 1.165) is 18.4 Å². The number of carboxylic acids is 1. The van der Waals surface area contributed by atoms with Gasteiger partial charge < -0.3 is 15.2 Å². The molecule has 2 aliphatic rings. The fraction of sp³-hybridized carbons (Fsp3) is 0.500. The molecular weight excluding hydrogens is 270 g/mol. The summed E-state index contributed by atoms with van der Waals surface area (Å²) in [6.45, 7) is 0.342. The van der Waals surface area contributed by atoms with E-state index in [1.807, 2.05) is 30.3 Å². The van der Waals surface area contributed by atoms with Crippen molar-refractivity contribution < 1.29 is 19.4 Å². The Labute approximate surface area is 123 Å². The lowest BCUT2D eigenvalue weighted by molar-refractivity contribution is -0.159. The maximum atomic E-state index is 11.7. The molecule has 0 bridgehead atoms. The molecule has 0 saturated heterocycles. The van der Waals surface area contributed by atoms with E-state index in [0.29, 0.717) is 12.8 Å². The summed E-state index contributed by atoms with van der Waals surface area (Å²) >= 11 is 0. The van der Waals surface area contributed by atoms with E-state index in [1.54, 1.807) is 0 Å². The summed E-state index contributed by atoms with van der Waals surface area (Å²) in [5, 5.41) is 12.0. The van der Waals surface area contributed by atoms with Crippen LogP contribution in [-0.2, 0) is 16.1 Å². The number of aliphatic carboxylic acids is 1. The van der Waals surface area contributed by atoms with E-state index < -0.39 is 17.5 Å². The molecule has 5 nitrogen and oxygen atoms in total. The van der Waals surface area contributed by atoms with Crippen LogP contribution in [0.5, 0.6) is 0 Å². The van der Waals surface area contributed by atoms with E-state index in [-0.39, 0.29) is 18.6 Å². The van der Waals surface area contributed by atoms with Crippen LogP contribution in [0.3, 0.4) is 0 Å². The van der Waals surface area contributed by atoms with Gasteiger partial charge >= 0.3 is 12.1 Å². The number of nitrogens with one attached hydrogen (secondary N) is 1. The van der Waals surface area contributed by atoms with Gasteiger partial charge in [0.25, 0.3) is 0 Å². The predicted octanol–water partition coefficient (Wildman–Crippen LogP) is 2.56. The highest BCUT2D eigenvalue weighted by atomic mass is 16.5. The van der Waals surface area contributed by atoms with Gasteiger partial charge in [0.15, 0.2) is 0 Å². The minimum absolute atomic E-state index is 0.151. The monoisotopic (exact) mass is 289 g/mol. The molecule has 0 aliphatic heterocycles. The molecule has 1 aromatic rings. The maximum Gasteiger partial charge on any atom is 0.407 e. The Morgan fingerprint density at radius 2 is 1.86 bits per heavy atom. The van der Waals surface area contributed by atoms with Crippen molar-refractivity contribution in [3.05, 3.63) is 35.9 Å². The quantitative estimate of drug-likeness (QED) is 0.873. The molecule has 2 saturated carbocycles. The summed E-state index contributed by atoms with van der Waals surface area (Å²) in [7, 11) is 0. The first-order valence-corrected chi connectivity index (χ1v) is 7.22. The van der Waals surface area contributed by atoms with Crippen molar-refractivity contribution in [1.29, 1.82) is 0 Å². The van der Waals surface area contributed by atoms with Crippen molar-refractivity contribution in [2.24, 2.45) is 10.8 Å². The number of benzene rings is 1. The number of hydrogen-bond donors (Lipinski definition) is 2. The van der Waals surface area contributed by atoms with Crippen molar-refractivity contribution in [2.45, 2.75) is 32.3 Å². The molecule has 0 unspecified atom stereocenters. The highest BCUT2D eigenvalue weighted by Gasteiger charge is 2.64. The van der Waals surface area contributed by atoms with Crippen molar-refractivity contribution in [3.63, 3.8) is 0 Å². The summed E-state index contributed by atoms with van der Waals surface area (Å²) in [5.74, 6) is -0.816. The molecular formula is C16H19NO4. The Morgan fingerprint density at radius 1 is 1.19 bits per heavy atom. The van der Waals surface area contributed by atoms with Crippen LogP contribution in [0.25, 0.3) is 0 Å². The number of carboxylic acid groups (broad SMARTS) is 1. The van der Waals surface area contributed by atoms with Crippen LogP contribution >= 0.6 is 0 Å². The predicted molar refractivity (Wildman–Crippen MR) is 75.6 cm³/mol. The second-order valence-corrected chi connectivity index (χ2v) is 6.35. The maximum absolute atomic E-state index is 11.7. The Bertz CT molecular complexity index is 543. The Hall–Kier alpha value is -2.04. The number of carbonyl (C=O) groups excluding carboxylic acids is 1. The zero-order chi connectivity index (χ0) is 14.9. The zero-order valence-electron chi connectivity index (χ0n) is 11.8. The smallest absolute Gasteiger partial charge is 0.407 e. The standard InChI is InChI=1S/C16H19NO4/c18-13(19)16(9-15(10-16)6-7-15)11-17-14(20)21-8-12-4-2-1-3-5-12/h1-5H,6-11H2,(H,17,20)(H,18,19). The van der Waals surface area contributed by atoms with Crippen LogP contribution in [0.2, 0.25) is 0 Å². The van der Waals surface area contributed by atoms with Gasteiger partial charge in [-0.3, -0.25) is 4.79 Å². The molecule has 112 valence electrons. The van der Waals surface area contributed by atoms with E-state index in [2.05, 4.69) is 5.32 Å². The number of ether oxygens (including phenoxy) is 1. The average molecular weight is 289 g/mol. The molecule has 2 fully saturated rings. The molecule has 5 heteroatoms. The van der Waals surface area contributed by atoms with Gasteiger partial charge in [-0.15, -0.1) is 0 Å². The van der Waals surface area contributed by atoms with Crippen LogP contribution in [0.4, 0.5) is 4.79 Å². The summed E-state index contributed by atoms with van der Waals surface area (Å²) in [4.78, 5) is 23.1. The third kappa shape index (κ3) is 2.86. The third-order valence-electron chi connectivity index (χ3n) is 4.62. The summed E-state index contributed by atoms with van der Waals surface area (Å²) in [6.07, 6.45) is 3.04. The highest BCUT2D eigenvalue weighted by Crippen LogP contribution is 2.68. The van der Waals surface area contributed by atoms with Crippen LogP contribution in [-0.4, -0.2) is 23.7 Å². The SMILES string of the molecule is O=C(NCC1(C(=O)O)CC2(CC2)C1)OCc1ccccc1. The van der Waals surface area contributed by atoms with Crippen molar-refractivity contribution >= 4 is 12.1 Å². The van der Waals surface area contributed by atoms with E-state index in [9.17, 15) is 14.7 Å². The van der Waals surface area contributed by atoms with Crippen LogP contribution < -0.4 is 5.32 Å². The van der Waals surface area contributed by atoms with Gasteiger partial charge in [0.05, 0.1) is 5.41 Å². The third-order valence-corrected chi connectivity index (χ3v) is 4.62. The van der Waals surface area contributed by atoms with Gasteiger partial charge in [-0.2, -0.15) is 0 Å². The minimum Gasteiger partial charge on any atom is -0.481 e. The lowest BCUT2D eigenvalue weighted by atomic mass is 9.59. The number of carbonyl (C=O) groups is 2. The van der Waals surface area contributed by atoms with Crippen molar-refractivity contribution in [2.75, 3.05) is 6.54 Å². The molecule has 1 aromatic carbocycles. The van der Waals surface area contributed by atoms with Crippen LogP contribution in [0.15, 0.2) is 30.3 Å². The summed E-state index contributed by atoms with van der Waals surface area (Å²) in [5.41, 5.74) is 0.386. The number of alkyl carbamates (subject to hydrolysis) is 1. The van der Waals surface area contributed by atoms with Gasteiger partial charge in [-0.25, -0.2) is 4.79 Å². The molecule has 2 N–H and O–H groups in total. The van der Waals surface area contributed by atoms with E-state index >= 15 is 0 Å². The summed E-state index contributed by atoms with van der Waals surface area (Å²) < 4.78 is 5.10. The van der Waals surface area contributed by atoms with Gasteiger partial charge in [0.1, 0.15) is 6.61 Å². The zero-order valence-corrected chi connectivity index (χ0v) is 11.8. The highest BCUT2D eigenvalue weighted by molar-refractivity contribution is 5.78. The number of rotatable bonds is 5. The van der Waals surface area contributed by atoms with E-state index in [1.165, 1.54) is 0 Å². The van der Waals surface area contributed by atoms with Gasteiger partial charge in [0, 0.05) is 6.54 Å². The van der Waals surface area contributed by atoms with Gasteiger partial charge in [-0.05, 0) is 36.7 Å². The molecule has 21 heavy (non-hydrogen) atoms. The molecule has 2 aliphatic carbocycles. The molecule has 0 aromatic heterocycles. The first-order valence-electron chi connectivity index (χ1n) is 7.22. The average Bonchev–Trinajstić information content (AvgIpc) is 3.22. The number of hydrogen-bond acceptors (Lipinski definition) is 3. The minimum atomic E-state index is -0.816. The normalized spacial score (nSPS) is 20.4. The molecule has 1 spiro atoms. The lowest BCUT2D eigenvalue weighted by Gasteiger charge is -2.45.